The van der Waals surface area contributed by atoms with Crippen molar-refractivity contribution >= 4 is 21.4 Å². The summed E-state index contributed by atoms with van der Waals surface area (Å²) in [5.41, 5.74) is 6.71. The Balaban J connectivity index is 2.16. The zero-order valence-electron chi connectivity index (χ0n) is 10.1. The van der Waals surface area contributed by atoms with Gasteiger partial charge in [0, 0.05) is 0 Å². The third kappa shape index (κ3) is 3.01. The van der Waals surface area contributed by atoms with Gasteiger partial charge in [0.1, 0.15) is 0 Å². The Labute approximate surface area is 110 Å². The first-order chi connectivity index (χ1) is 9.03. The van der Waals surface area contributed by atoms with Crippen molar-refractivity contribution < 1.29 is 12.9 Å². The van der Waals surface area contributed by atoms with E-state index in [4.69, 9.17) is 5.73 Å². The van der Waals surface area contributed by atoms with Gasteiger partial charge in [-0.1, -0.05) is 5.16 Å². The quantitative estimate of drug-likeness (QED) is 0.668. The fourth-order valence-corrected chi connectivity index (χ4v) is 2.20. The van der Waals surface area contributed by atoms with E-state index in [1.165, 1.54) is 25.6 Å². The molecule has 0 saturated carbocycles. The topological polar surface area (TPSA) is 123 Å². The molecular weight excluding hydrogens is 270 g/mol. The van der Waals surface area contributed by atoms with Crippen molar-refractivity contribution in [2.24, 2.45) is 0 Å². The number of nitrogens with two attached hydrogens (primary N) is 1. The molecule has 0 atom stereocenters. The molecule has 0 aliphatic carbocycles. The largest absolute Gasteiger partial charge is 0.397 e. The summed E-state index contributed by atoms with van der Waals surface area (Å²) in [5.74, 6) is 0.478. The van der Waals surface area contributed by atoms with Crippen LogP contribution in [-0.2, 0) is 16.6 Å². The highest BCUT2D eigenvalue weighted by molar-refractivity contribution is 7.89. The van der Waals surface area contributed by atoms with Gasteiger partial charge < -0.3 is 15.6 Å². The maximum Gasteiger partial charge on any atom is 0.240 e. The van der Waals surface area contributed by atoms with Crippen LogP contribution in [-0.4, -0.2) is 25.6 Å². The van der Waals surface area contributed by atoms with Gasteiger partial charge in [0.15, 0.2) is 5.82 Å². The minimum absolute atomic E-state index is 0.109. The number of nitrogen functional groups attached to an aromatic ring is 1. The number of rotatable bonds is 5. The maximum atomic E-state index is 11.6. The molecule has 0 saturated heterocycles. The fraction of sp³-hybridized carbons (Fsp3) is 0.200. The van der Waals surface area contributed by atoms with Crippen molar-refractivity contribution in [3.63, 3.8) is 0 Å². The van der Waals surface area contributed by atoms with Gasteiger partial charge in [-0.15, -0.1) is 0 Å². The molecule has 8 nitrogen and oxygen atoms in total. The van der Waals surface area contributed by atoms with Crippen LogP contribution in [0.1, 0.15) is 5.82 Å². The molecule has 4 N–H and O–H groups in total. The summed E-state index contributed by atoms with van der Waals surface area (Å²) in [5, 5.41) is 6.62. The van der Waals surface area contributed by atoms with Crippen LogP contribution in [0.5, 0.6) is 0 Å². The lowest BCUT2D eigenvalue weighted by Gasteiger charge is -2.09. The molecule has 0 radical (unpaired) electrons. The highest BCUT2D eigenvalue weighted by Crippen LogP contribution is 2.22. The molecule has 0 amide bonds. The van der Waals surface area contributed by atoms with Crippen LogP contribution >= 0.6 is 0 Å². The van der Waals surface area contributed by atoms with Crippen LogP contribution in [0.4, 0.5) is 11.4 Å². The van der Waals surface area contributed by atoms with E-state index in [1.54, 1.807) is 6.07 Å². The van der Waals surface area contributed by atoms with E-state index < -0.39 is 10.0 Å². The van der Waals surface area contributed by atoms with Crippen LogP contribution in [0.15, 0.2) is 34.0 Å². The molecule has 0 aliphatic rings. The van der Waals surface area contributed by atoms with Crippen molar-refractivity contribution in [3.05, 3.63) is 30.4 Å². The van der Waals surface area contributed by atoms with Gasteiger partial charge in [-0.2, -0.15) is 4.98 Å². The van der Waals surface area contributed by atoms with Gasteiger partial charge >= 0.3 is 0 Å². The molecule has 0 unspecified atom stereocenters. The van der Waals surface area contributed by atoms with Crippen molar-refractivity contribution in [2.45, 2.75) is 11.4 Å². The number of nitrogens with one attached hydrogen (secondary N) is 2. The third-order valence-corrected chi connectivity index (χ3v) is 3.86. The normalized spacial score (nSPS) is 11.4. The summed E-state index contributed by atoms with van der Waals surface area (Å²) >= 11 is 0. The van der Waals surface area contributed by atoms with Crippen molar-refractivity contribution in [2.75, 3.05) is 18.1 Å². The average Bonchev–Trinajstić information content (AvgIpc) is 2.90. The Morgan fingerprint density at radius 1 is 1.42 bits per heavy atom. The lowest BCUT2D eigenvalue weighted by molar-refractivity contribution is 0.411. The number of hydrogen-bond acceptors (Lipinski definition) is 7. The SMILES string of the molecule is CNS(=O)(=O)c1ccc(NCc2ncon2)c(N)c1. The summed E-state index contributed by atoms with van der Waals surface area (Å²) in [6.07, 6.45) is 1.23. The van der Waals surface area contributed by atoms with Crippen LogP contribution in [0.25, 0.3) is 0 Å². The van der Waals surface area contributed by atoms with Crippen molar-refractivity contribution in [1.82, 2.24) is 14.9 Å². The van der Waals surface area contributed by atoms with E-state index in [2.05, 4.69) is 24.7 Å². The second kappa shape index (κ2) is 5.24. The zero-order valence-corrected chi connectivity index (χ0v) is 10.9. The standard InChI is InChI=1S/C10H13N5O3S/c1-12-19(16,17)7-2-3-9(8(11)4-7)13-5-10-14-6-18-15-10/h2-4,6,12-13H,5,11H2,1H3. The first kappa shape index (κ1) is 13.3. The number of nitrogens with zero attached hydrogens (tertiary/aromatic N) is 2. The first-order valence-electron chi connectivity index (χ1n) is 5.35. The van der Waals surface area contributed by atoms with Gasteiger partial charge in [-0.05, 0) is 25.2 Å². The maximum absolute atomic E-state index is 11.6. The van der Waals surface area contributed by atoms with E-state index in [1.807, 2.05) is 0 Å². The molecule has 0 bridgehead atoms. The van der Waals surface area contributed by atoms with Crippen LogP contribution < -0.4 is 15.8 Å². The predicted octanol–water partition coefficient (Wildman–Crippen LogP) is 0.172. The monoisotopic (exact) mass is 283 g/mol. The van der Waals surface area contributed by atoms with E-state index in [-0.39, 0.29) is 4.90 Å². The molecule has 2 aromatic rings. The lowest BCUT2D eigenvalue weighted by Crippen LogP contribution is -2.18. The first-order valence-corrected chi connectivity index (χ1v) is 6.83. The minimum atomic E-state index is -3.49. The second-order valence-corrected chi connectivity index (χ2v) is 5.54. The molecule has 1 heterocycles. The average molecular weight is 283 g/mol. The molecule has 19 heavy (non-hydrogen) atoms. The fourth-order valence-electron chi connectivity index (χ4n) is 1.43. The third-order valence-electron chi connectivity index (χ3n) is 2.45. The molecule has 0 spiro atoms. The van der Waals surface area contributed by atoms with E-state index >= 15 is 0 Å². The van der Waals surface area contributed by atoms with E-state index in [9.17, 15) is 8.42 Å². The highest BCUT2D eigenvalue weighted by atomic mass is 32.2. The molecule has 102 valence electrons. The summed E-state index contributed by atoms with van der Waals surface area (Å²) in [7, 11) is -2.15. The number of hydrogen-bond donors (Lipinski definition) is 3. The molecular formula is C10H13N5O3S. The number of aromatic nitrogens is 2. The number of anilines is 2. The van der Waals surface area contributed by atoms with Gasteiger partial charge in [-0.25, -0.2) is 13.1 Å². The Morgan fingerprint density at radius 3 is 2.79 bits per heavy atom. The van der Waals surface area contributed by atoms with Crippen LogP contribution in [0.2, 0.25) is 0 Å². The van der Waals surface area contributed by atoms with E-state index in [0.717, 1.165) is 0 Å². The van der Waals surface area contributed by atoms with Crippen molar-refractivity contribution in [1.29, 1.82) is 0 Å². The molecule has 1 aromatic heterocycles. The molecule has 2 rings (SSSR count). The summed E-state index contributed by atoms with van der Waals surface area (Å²) in [6.45, 7) is 0.332. The molecule has 0 fully saturated rings. The minimum Gasteiger partial charge on any atom is -0.397 e. The smallest absolute Gasteiger partial charge is 0.240 e. The van der Waals surface area contributed by atoms with E-state index in [0.29, 0.717) is 23.7 Å². The Bertz CT molecular complexity index is 654. The van der Waals surface area contributed by atoms with Crippen molar-refractivity contribution in [3.8, 4) is 0 Å². The van der Waals surface area contributed by atoms with Crippen LogP contribution in [0, 0.1) is 0 Å². The number of benzene rings is 1. The Kier molecular flexibility index (Phi) is 3.67. The lowest BCUT2D eigenvalue weighted by atomic mass is 10.2. The number of sulfonamides is 1. The Morgan fingerprint density at radius 2 is 2.21 bits per heavy atom. The molecule has 0 aliphatic heterocycles. The highest BCUT2D eigenvalue weighted by Gasteiger charge is 2.12. The predicted molar refractivity (Wildman–Crippen MR) is 68.7 cm³/mol. The molecule has 9 heteroatoms. The van der Waals surface area contributed by atoms with Crippen LogP contribution in [0.3, 0.4) is 0 Å². The van der Waals surface area contributed by atoms with Gasteiger partial charge in [0.05, 0.1) is 22.8 Å². The second-order valence-electron chi connectivity index (χ2n) is 3.66. The summed E-state index contributed by atoms with van der Waals surface area (Å²) in [4.78, 5) is 3.95. The summed E-state index contributed by atoms with van der Waals surface area (Å²) < 4.78 is 30.0. The Hall–Kier alpha value is -2.13. The van der Waals surface area contributed by atoms with Gasteiger partial charge in [-0.3, -0.25) is 0 Å². The van der Waals surface area contributed by atoms with Gasteiger partial charge in [0.2, 0.25) is 16.4 Å². The summed E-state index contributed by atoms with van der Waals surface area (Å²) in [6, 6.07) is 4.42. The zero-order chi connectivity index (χ0) is 13.9. The molecule has 1 aromatic carbocycles. The van der Waals surface area contributed by atoms with Gasteiger partial charge in [0.25, 0.3) is 0 Å².